The molecule has 0 aromatic carbocycles. The van der Waals surface area contributed by atoms with Gasteiger partial charge in [0.1, 0.15) is 5.15 Å². The van der Waals surface area contributed by atoms with Crippen LogP contribution in [-0.2, 0) is 16.1 Å². The summed E-state index contributed by atoms with van der Waals surface area (Å²) in [6, 6.07) is 3.88. The van der Waals surface area contributed by atoms with Gasteiger partial charge < -0.3 is 4.74 Å². The number of hydrogen-bond donors (Lipinski definition) is 0. The van der Waals surface area contributed by atoms with Crippen LogP contribution in [0.2, 0.25) is 5.15 Å². The highest BCUT2D eigenvalue weighted by atomic mass is 35.5. The second-order valence-electron chi connectivity index (χ2n) is 4.53. The number of piperidine rings is 1. The Kier molecular flexibility index (Phi) is 4.55. The van der Waals surface area contributed by atoms with Crippen LogP contribution in [0.1, 0.15) is 18.4 Å². The number of hydrogen-bond acceptors (Lipinski definition) is 4. The van der Waals surface area contributed by atoms with Crippen molar-refractivity contribution in [1.82, 2.24) is 9.88 Å². The summed E-state index contributed by atoms with van der Waals surface area (Å²) < 4.78 is 4.77. The van der Waals surface area contributed by atoms with E-state index in [4.69, 9.17) is 16.3 Å². The lowest BCUT2D eigenvalue weighted by atomic mass is 9.97. The maximum atomic E-state index is 11.4. The molecular weight excluding hydrogens is 252 g/mol. The minimum atomic E-state index is -0.0888. The molecule has 18 heavy (non-hydrogen) atoms. The largest absolute Gasteiger partial charge is 0.469 e. The topological polar surface area (TPSA) is 42.4 Å². The van der Waals surface area contributed by atoms with Crippen LogP contribution >= 0.6 is 11.6 Å². The van der Waals surface area contributed by atoms with E-state index in [0.717, 1.165) is 38.0 Å². The first-order valence-corrected chi connectivity index (χ1v) is 6.48. The zero-order valence-corrected chi connectivity index (χ0v) is 11.2. The molecule has 1 aliphatic rings. The van der Waals surface area contributed by atoms with Crippen LogP contribution in [0.25, 0.3) is 0 Å². The van der Waals surface area contributed by atoms with Crippen molar-refractivity contribution in [2.75, 3.05) is 20.2 Å². The molecule has 0 unspecified atom stereocenters. The third-order valence-electron chi connectivity index (χ3n) is 3.35. The molecule has 0 amide bonds. The smallest absolute Gasteiger partial charge is 0.308 e. The number of rotatable bonds is 3. The number of halogens is 1. The van der Waals surface area contributed by atoms with Crippen molar-refractivity contribution in [2.24, 2.45) is 5.92 Å². The lowest BCUT2D eigenvalue weighted by Gasteiger charge is -2.30. The van der Waals surface area contributed by atoms with E-state index in [1.165, 1.54) is 7.11 Å². The van der Waals surface area contributed by atoms with Gasteiger partial charge in [-0.2, -0.15) is 0 Å². The molecule has 0 N–H and O–H groups in total. The van der Waals surface area contributed by atoms with Crippen LogP contribution in [0.3, 0.4) is 0 Å². The molecular formula is C13H17ClN2O2. The Morgan fingerprint density at radius 1 is 1.56 bits per heavy atom. The highest BCUT2D eigenvalue weighted by Gasteiger charge is 2.25. The van der Waals surface area contributed by atoms with Gasteiger partial charge in [0.05, 0.1) is 13.0 Å². The van der Waals surface area contributed by atoms with Gasteiger partial charge >= 0.3 is 5.97 Å². The average Bonchev–Trinajstić information content (AvgIpc) is 2.41. The highest BCUT2D eigenvalue weighted by molar-refractivity contribution is 6.30. The minimum Gasteiger partial charge on any atom is -0.469 e. The second-order valence-corrected chi connectivity index (χ2v) is 4.88. The third-order valence-corrected chi connectivity index (χ3v) is 3.69. The second kappa shape index (κ2) is 6.16. The summed E-state index contributed by atoms with van der Waals surface area (Å²) in [4.78, 5) is 17.8. The molecule has 0 atom stereocenters. The normalized spacial score (nSPS) is 17.7. The maximum Gasteiger partial charge on any atom is 0.308 e. The summed E-state index contributed by atoms with van der Waals surface area (Å²) >= 11 is 6.03. The summed E-state index contributed by atoms with van der Waals surface area (Å²) in [5, 5.41) is 0.563. The van der Waals surface area contributed by atoms with E-state index in [9.17, 15) is 4.79 Å². The zero-order valence-electron chi connectivity index (χ0n) is 10.4. The molecule has 5 heteroatoms. The molecule has 2 rings (SSSR count). The van der Waals surface area contributed by atoms with Crippen molar-refractivity contribution in [2.45, 2.75) is 19.4 Å². The molecule has 98 valence electrons. The summed E-state index contributed by atoms with van der Waals surface area (Å²) in [5.41, 5.74) is 1.04. The van der Waals surface area contributed by atoms with Gasteiger partial charge in [0.2, 0.25) is 0 Å². The van der Waals surface area contributed by atoms with E-state index < -0.39 is 0 Å². The lowest BCUT2D eigenvalue weighted by molar-refractivity contribution is -0.147. The maximum absolute atomic E-state index is 11.4. The number of carbonyl (C=O) groups excluding carboxylic acids is 1. The van der Waals surface area contributed by atoms with Crippen molar-refractivity contribution in [3.63, 3.8) is 0 Å². The Hall–Kier alpha value is -1.13. The molecule has 1 aliphatic heterocycles. The Morgan fingerprint density at radius 3 is 2.89 bits per heavy atom. The van der Waals surface area contributed by atoms with Crippen molar-refractivity contribution in [1.29, 1.82) is 0 Å². The van der Waals surface area contributed by atoms with Gasteiger partial charge in [-0.25, -0.2) is 4.98 Å². The van der Waals surface area contributed by atoms with E-state index in [2.05, 4.69) is 9.88 Å². The fraction of sp³-hybridized carbons (Fsp3) is 0.538. The number of carbonyl (C=O) groups is 1. The van der Waals surface area contributed by atoms with Gasteiger partial charge in [-0.05, 0) is 32.0 Å². The standard InChI is InChI=1S/C13H17ClN2O2/c1-18-13(17)10-4-7-16(8-5-10)9-11-3-2-6-15-12(11)14/h2-3,6,10H,4-5,7-9H2,1H3. The molecule has 0 bridgehead atoms. The van der Waals surface area contributed by atoms with E-state index >= 15 is 0 Å². The predicted octanol–water partition coefficient (Wildman–Crippen LogP) is 2.12. The van der Waals surface area contributed by atoms with Crippen molar-refractivity contribution in [3.05, 3.63) is 29.0 Å². The molecule has 1 aromatic rings. The molecule has 2 heterocycles. The van der Waals surface area contributed by atoms with Crippen molar-refractivity contribution in [3.8, 4) is 0 Å². The van der Waals surface area contributed by atoms with Crippen LogP contribution in [0, 0.1) is 5.92 Å². The van der Waals surface area contributed by atoms with E-state index in [-0.39, 0.29) is 11.9 Å². The Morgan fingerprint density at radius 2 is 2.28 bits per heavy atom. The number of esters is 1. The average molecular weight is 269 g/mol. The molecule has 0 spiro atoms. The van der Waals surface area contributed by atoms with Gasteiger partial charge in [-0.3, -0.25) is 9.69 Å². The Balaban J connectivity index is 1.87. The summed E-state index contributed by atoms with van der Waals surface area (Å²) in [7, 11) is 1.45. The molecule has 1 saturated heterocycles. The van der Waals surface area contributed by atoms with Gasteiger partial charge in [0, 0.05) is 18.3 Å². The molecule has 0 aliphatic carbocycles. The quantitative estimate of drug-likeness (QED) is 0.622. The fourth-order valence-electron chi connectivity index (χ4n) is 2.27. The van der Waals surface area contributed by atoms with Crippen LogP contribution in [0.5, 0.6) is 0 Å². The minimum absolute atomic E-state index is 0.0515. The summed E-state index contributed by atoms with van der Waals surface area (Å²) in [6.07, 6.45) is 3.39. The van der Waals surface area contributed by atoms with Crippen LogP contribution in [0.15, 0.2) is 18.3 Å². The fourth-order valence-corrected chi connectivity index (χ4v) is 2.45. The first kappa shape index (κ1) is 13.3. The number of pyridine rings is 1. The number of nitrogens with zero attached hydrogens (tertiary/aromatic N) is 2. The zero-order chi connectivity index (χ0) is 13.0. The van der Waals surface area contributed by atoms with E-state index in [0.29, 0.717) is 5.15 Å². The Labute approximate surface area is 112 Å². The third kappa shape index (κ3) is 3.21. The molecule has 4 nitrogen and oxygen atoms in total. The summed E-state index contributed by atoms with van der Waals surface area (Å²) in [5.74, 6) is -0.0373. The van der Waals surface area contributed by atoms with Crippen LogP contribution in [-0.4, -0.2) is 36.1 Å². The number of likely N-dealkylation sites (tertiary alicyclic amines) is 1. The van der Waals surface area contributed by atoms with Gasteiger partial charge in [0.25, 0.3) is 0 Å². The number of aromatic nitrogens is 1. The molecule has 0 saturated carbocycles. The van der Waals surface area contributed by atoms with Crippen molar-refractivity contribution < 1.29 is 9.53 Å². The van der Waals surface area contributed by atoms with E-state index in [1.54, 1.807) is 6.20 Å². The highest BCUT2D eigenvalue weighted by Crippen LogP contribution is 2.21. The monoisotopic (exact) mass is 268 g/mol. The first-order valence-electron chi connectivity index (χ1n) is 6.10. The van der Waals surface area contributed by atoms with Gasteiger partial charge in [-0.15, -0.1) is 0 Å². The molecule has 1 aromatic heterocycles. The van der Waals surface area contributed by atoms with Crippen LogP contribution in [0.4, 0.5) is 0 Å². The number of methoxy groups -OCH3 is 1. The summed E-state index contributed by atoms with van der Waals surface area (Å²) in [6.45, 7) is 2.58. The molecule has 1 fully saturated rings. The SMILES string of the molecule is COC(=O)C1CCN(Cc2cccnc2Cl)CC1. The van der Waals surface area contributed by atoms with Crippen LogP contribution < -0.4 is 0 Å². The van der Waals surface area contributed by atoms with E-state index in [1.807, 2.05) is 12.1 Å². The van der Waals surface area contributed by atoms with Gasteiger partial charge in [-0.1, -0.05) is 17.7 Å². The van der Waals surface area contributed by atoms with Gasteiger partial charge in [0.15, 0.2) is 0 Å². The Bertz CT molecular complexity index is 417. The lowest BCUT2D eigenvalue weighted by Crippen LogP contribution is -2.36. The van der Waals surface area contributed by atoms with Crippen molar-refractivity contribution >= 4 is 17.6 Å². The predicted molar refractivity (Wildman–Crippen MR) is 69.3 cm³/mol. The first-order chi connectivity index (χ1) is 8.70. The molecule has 0 radical (unpaired) electrons. The number of ether oxygens (including phenoxy) is 1.